The molecule has 0 unspecified atom stereocenters. The van der Waals surface area contributed by atoms with Gasteiger partial charge in [0.1, 0.15) is 0 Å². The molecule has 0 saturated carbocycles. The van der Waals surface area contributed by atoms with Gasteiger partial charge in [0.05, 0.1) is 6.54 Å². The Hall–Kier alpha value is -2.32. The molecule has 0 atom stereocenters. The summed E-state index contributed by atoms with van der Waals surface area (Å²) in [6, 6.07) is 6.08. The van der Waals surface area contributed by atoms with E-state index in [9.17, 15) is 9.59 Å². The second-order valence-electron chi connectivity index (χ2n) is 7.63. The molecule has 3 aliphatic rings. The van der Waals surface area contributed by atoms with Crippen molar-refractivity contribution in [2.75, 3.05) is 65.7 Å². The summed E-state index contributed by atoms with van der Waals surface area (Å²) in [6.45, 7) is 9.44. The topological polar surface area (TPSA) is 65.6 Å². The van der Waals surface area contributed by atoms with Crippen molar-refractivity contribution in [2.24, 2.45) is 0 Å². The number of carbonyl (C=O) groups excluding carboxylic acids is 2. The Kier molecular flexibility index (Phi) is 5.68. The molecule has 1 aromatic carbocycles. The van der Waals surface area contributed by atoms with E-state index in [-0.39, 0.29) is 11.8 Å². The van der Waals surface area contributed by atoms with Crippen molar-refractivity contribution >= 4 is 11.8 Å². The standard InChI is InChI=1S/C20H28N4O4/c1-16(25)23-8-4-22(5-9-23)14-20(26)24-10-6-21(7-11-24)13-17-2-3-18-19(12-17)28-15-27-18/h2-3,12H,4-11,13-15H2,1H3. The lowest BCUT2D eigenvalue weighted by atomic mass is 10.1. The van der Waals surface area contributed by atoms with Gasteiger partial charge in [0.2, 0.25) is 18.6 Å². The Morgan fingerprint density at radius 2 is 1.50 bits per heavy atom. The number of fused-ring (bicyclic) bond motifs is 1. The summed E-state index contributed by atoms with van der Waals surface area (Å²) in [6.07, 6.45) is 0. The van der Waals surface area contributed by atoms with Gasteiger partial charge >= 0.3 is 0 Å². The fraction of sp³-hybridized carbons (Fsp3) is 0.600. The maximum absolute atomic E-state index is 12.6. The van der Waals surface area contributed by atoms with E-state index in [0.717, 1.165) is 57.3 Å². The third kappa shape index (κ3) is 4.39. The van der Waals surface area contributed by atoms with Gasteiger partial charge in [-0.15, -0.1) is 0 Å². The Bertz CT molecular complexity index is 725. The van der Waals surface area contributed by atoms with Crippen LogP contribution in [-0.2, 0) is 16.1 Å². The van der Waals surface area contributed by atoms with Crippen LogP contribution in [0.25, 0.3) is 0 Å². The molecule has 4 rings (SSSR count). The van der Waals surface area contributed by atoms with Crippen molar-refractivity contribution in [3.8, 4) is 11.5 Å². The van der Waals surface area contributed by atoms with Crippen LogP contribution in [0.15, 0.2) is 18.2 Å². The number of ether oxygens (including phenoxy) is 2. The maximum atomic E-state index is 12.6. The van der Waals surface area contributed by atoms with Crippen molar-refractivity contribution in [3.63, 3.8) is 0 Å². The average Bonchev–Trinajstić information content (AvgIpc) is 3.17. The number of rotatable bonds is 4. The zero-order chi connectivity index (χ0) is 19.5. The maximum Gasteiger partial charge on any atom is 0.236 e. The van der Waals surface area contributed by atoms with Crippen molar-refractivity contribution in [2.45, 2.75) is 13.5 Å². The van der Waals surface area contributed by atoms with Crippen LogP contribution in [0.5, 0.6) is 11.5 Å². The van der Waals surface area contributed by atoms with Crippen LogP contribution in [-0.4, -0.2) is 97.1 Å². The lowest BCUT2D eigenvalue weighted by Crippen LogP contribution is -2.54. The third-order valence-corrected chi connectivity index (χ3v) is 5.74. The Morgan fingerprint density at radius 3 is 2.21 bits per heavy atom. The molecule has 8 heteroatoms. The van der Waals surface area contributed by atoms with Crippen molar-refractivity contribution < 1.29 is 19.1 Å². The first-order valence-electron chi connectivity index (χ1n) is 9.95. The molecule has 2 amide bonds. The third-order valence-electron chi connectivity index (χ3n) is 5.74. The summed E-state index contributed by atoms with van der Waals surface area (Å²) < 4.78 is 10.8. The summed E-state index contributed by atoms with van der Waals surface area (Å²) in [5.74, 6) is 1.93. The number of benzene rings is 1. The number of hydrogen-bond donors (Lipinski definition) is 0. The van der Waals surface area contributed by atoms with E-state index in [1.807, 2.05) is 21.9 Å². The molecule has 0 spiro atoms. The molecular weight excluding hydrogens is 360 g/mol. The molecule has 0 bridgehead atoms. The molecule has 28 heavy (non-hydrogen) atoms. The summed E-state index contributed by atoms with van der Waals surface area (Å²) in [4.78, 5) is 32.4. The summed E-state index contributed by atoms with van der Waals surface area (Å²) in [7, 11) is 0. The van der Waals surface area contributed by atoms with Gasteiger partial charge in [-0.05, 0) is 17.7 Å². The highest BCUT2D eigenvalue weighted by atomic mass is 16.7. The van der Waals surface area contributed by atoms with E-state index < -0.39 is 0 Å². The van der Waals surface area contributed by atoms with Crippen molar-refractivity contribution in [3.05, 3.63) is 23.8 Å². The fourth-order valence-electron chi connectivity index (χ4n) is 3.97. The first kappa shape index (κ1) is 19.0. The molecule has 0 aromatic heterocycles. The molecule has 0 N–H and O–H groups in total. The first-order chi connectivity index (χ1) is 13.6. The predicted molar refractivity (Wildman–Crippen MR) is 103 cm³/mol. The zero-order valence-corrected chi connectivity index (χ0v) is 16.4. The minimum Gasteiger partial charge on any atom is -0.454 e. The van der Waals surface area contributed by atoms with Crippen LogP contribution in [0.2, 0.25) is 0 Å². The van der Waals surface area contributed by atoms with E-state index in [1.165, 1.54) is 5.56 Å². The van der Waals surface area contributed by atoms with Gasteiger partial charge in [-0.2, -0.15) is 0 Å². The zero-order valence-electron chi connectivity index (χ0n) is 16.4. The van der Waals surface area contributed by atoms with E-state index in [0.29, 0.717) is 26.4 Å². The largest absolute Gasteiger partial charge is 0.454 e. The average molecular weight is 388 g/mol. The Morgan fingerprint density at radius 1 is 0.857 bits per heavy atom. The highest BCUT2D eigenvalue weighted by Gasteiger charge is 2.25. The molecule has 0 radical (unpaired) electrons. The molecular formula is C20H28N4O4. The predicted octanol–water partition coefficient (Wildman–Crippen LogP) is 0.224. The van der Waals surface area contributed by atoms with Crippen molar-refractivity contribution in [1.29, 1.82) is 0 Å². The van der Waals surface area contributed by atoms with Crippen LogP contribution in [0.3, 0.4) is 0 Å². The van der Waals surface area contributed by atoms with E-state index in [1.54, 1.807) is 6.92 Å². The fourth-order valence-corrected chi connectivity index (χ4v) is 3.97. The molecule has 8 nitrogen and oxygen atoms in total. The van der Waals surface area contributed by atoms with Crippen LogP contribution in [0.1, 0.15) is 12.5 Å². The minimum atomic E-state index is 0.115. The normalized spacial score (nSPS) is 20.5. The Balaban J connectivity index is 1.21. The van der Waals surface area contributed by atoms with Crippen LogP contribution in [0, 0.1) is 0 Å². The molecule has 2 fully saturated rings. The van der Waals surface area contributed by atoms with E-state index in [2.05, 4.69) is 15.9 Å². The van der Waals surface area contributed by atoms with Crippen molar-refractivity contribution in [1.82, 2.24) is 19.6 Å². The molecule has 0 aliphatic carbocycles. The van der Waals surface area contributed by atoms with Gasteiger partial charge in [-0.3, -0.25) is 19.4 Å². The molecule has 1 aromatic rings. The highest BCUT2D eigenvalue weighted by molar-refractivity contribution is 5.78. The van der Waals surface area contributed by atoms with E-state index in [4.69, 9.17) is 9.47 Å². The van der Waals surface area contributed by atoms with Crippen LogP contribution >= 0.6 is 0 Å². The minimum absolute atomic E-state index is 0.115. The Labute approximate surface area is 165 Å². The highest BCUT2D eigenvalue weighted by Crippen LogP contribution is 2.32. The second kappa shape index (κ2) is 8.36. The van der Waals surface area contributed by atoms with Crippen LogP contribution < -0.4 is 9.47 Å². The van der Waals surface area contributed by atoms with Gasteiger partial charge in [0.25, 0.3) is 0 Å². The van der Waals surface area contributed by atoms with Gasteiger partial charge in [0, 0.05) is 65.8 Å². The second-order valence-corrected chi connectivity index (χ2v) is 7.63. The van der Waals surface area contributed by atoms with Crippen LogP contribution in [0.4, 0.5) is 0 Å². The molecule has 3 heterocycles. The van der Waals surface area contributed by atoms with Gasteiger partial charge in [0.15, 0.2) is 11.5 Å². The monoisotopic (exact) mass is 388 g/mol. The summed E-state index contributed by atoms with van der Waals surface area (Å²) >= 11 is 0. The number of carbonyl (C=O) groups is 2. The van der Waals surface area contributed by atoms with E-state index >= 15 is 0 Å². The summed E-state index contributed by atoms with van der Waals surface area (Å²) in [5, 5.41) is 0. The summed E-state index contributed by atoms with van der Waals surface area (Å²) in [5.41, 5.74) is 1.20. The van der Waals surface area contributed by atoms with Gasteiger partial charge < -0.3 is 19.3 Å². The molecule has 2 saturated heterocycles. The first-order valence-corrected chi connectivity index (χ1v) is 9.95. The number of piperazine rings is 2. The quantitative estimate of drug-likeness (QED) is 0.736. The number of amides is 2. The smallest absolute Gasteiger partial charge is 0.236 e. The lowest BCUT2D eigenvalue weighted by Gasteiger charge is -2.37. The van der Waals surface area contributed by atoms with Gasteiger partial charge in [-0.1, -0.05) is 6.07 Å². The number of nitrogens with zero attached hydrogens (tertiary/aromatic N) is 4. The number of hydrogen-bond acceptors (Lipinski definition) is 6. The molecule has 152 valence electrons. The lowest BCUT2D eigenvalue weighted by molar-refractivity contribution is -0.135. The van der Waals surface area contributed by atoms with Gasteiger partial charge in [-0.25, -0.2) is 0 Å². The SMILES string of the molecule is CC(=O)N1CCN(CC(=O)N2CCN(Cc3ccc4c(c3)OCO4)CC2)CC1. The molecule has 3 aliphatic heterocycles.